The lowest BCUT2D eigenvalue weighted by Crippen LogP contribution is -2.43. The molecule has 4 nitrogen and oxygen atoms in total. The molecule has 0 bridgehead atoms. The molecule has 2 unspecified atom stereocenters. The third-order valence-electron chi connectivity index (χ3n) is 3.64. The maximum Gasteiger partial charge on any atom is 0.246 e. The van der Waals surface area contributed by atoms with Gasteiger partial charge in [-0.15, -0.1) is 0 Å². The minimum Gasteiger partial charge on any atom is -0.393 e. The average Bonchev–Trinajstić information content (AvgIpc) is 2.41. The van der Waals surface area contributed by atoms with Crippen LogP contribution in [0.3, 0.4) is 0 Å². The summed E-state index contributed by atoms with van der Waals surface area (Å²) in [5.74, 6) is -2.73. The van der Waals surface area contributed by atoms with Crippen molar-refractivity contribution in [2.75, 3.05) is 13.1 Å². The molecule has 0 spiro atoms. The minimum absolute atomic E-state index is 0.121. The van der Waals surface area contributed by atoms with Gasteiger partial charge in [-0.05, 0) is 37.8 Å². The summed E-state index contributed by atoms with van der Waals surface area (Å²) in [6.45, 7) is 1.97. The normalized spacial score (nSPS) is 22.7. The smallest absolute Gasteiger partial charge is 0.246 e. The van der Waals surface area contributed by atoms with E-state index in [1.54, 1.807) is 6.92 Å². The van der Waals surface area contributed by atoms with E-state index < -0.39 is 32.7 Å². The van der Waals surface area contributed by atoms with Gasteiger partial charge in [-0.1, -0.05) is 6.07 Å². The molecule has 2 rings (SSSR count). The Labute approximate surface area is 117 Å². The Kier molecular flexibility index (Phi) is 4.41. The van der Waals surface area contributed by atoms with Crippen molar-refractivity contribution in [1.29, 1.82) is 0 Å². The third-order valence-corrected chi connectivity index (χ3v) is 5.52. The topological polar surface area (TPSA) is 57.6 Å². The zero-order chi connectivity index (χ0) is 14.9. The fourth-order valence-electron chi connectivity index (χ4n) is 2.41. The van der Waals surface area contributed by atoms with Crippen LogP contribution in [0.15, 0.2) is 23.1 Å². The molecule has 1 N–H and O–H groups in total. The molecular formula is C13H17F2NO3S. The second-order valence-electron chi connectivity index (χ2n) is 5.06. The molecule has 1 aliphatic heterocycles. The lowest BCUT2D eigenvalue weighted by Gasteiger charge is -2.33. The summed E-state index contributed by atoms with van der Waals surface area (Å²) in [5.41, 5.74) is 0. The van der Waals surface area contributed by atoms with Crippen LogP contribution in [-0.2, 0) is 10.0 Å². The van der Waals surface area contributed by atoms with Crippen LogP contribution < -0.4 is 0 Å². The molecule has 1 aliphatic rings. The predicted molar refractivity (Wildman–Crippen MR) is 69.5 cm³/mol. The van der Waals surface area contributed by atoms with Gasteiger partial charge >= 0.3 is 0 Å². The van der Waals surface area contributed by atoms with Crippen molar-refractivity contribution in [3.8, 4) is 0 Å². The number of rotatable bonds is 3. The van der Waals surface area contributed by atoms with Gasteiger partial charge in [0.1, 0.15) is 4.90 Å². The first-order valence-corrected chi connectivity index (χ1v) is 7.90. The monoisotopic (exact) mass is 305 g/mol. The first-order valence-electron chi connectivity index (χ1n) is 6.46. The Bertz CT molecular complexity index is 589. The summed E-state index contributed by atoms with van der Waals surface area (Å²) in [7, 11) is -4.07. The fraction of sp³-hybridized carbons (Fsp3) is 0.538. The molecule has 1 saturated heterocycles. The van der Waals surface area contributed by atoms with Crippen LogP contribution in [-0.4, -0.2) is 37.0 Å². The molecule has 0 radical (unpaired) electrons. The summed E-state index contributed by atoms with van der Waals surface area (Å²) < 4.78 is 52.7. The number of hydrogen-bond acceptors (Lipinski definition) is 3. The van der Waals surface area contributed by atoms with Crippen molar-refractivity contribution in [2.45, 2.75) is 30.8 Å². The van der Waals surface area contributed by atoms with E-state index in [9.17, 15) is 22.3 Å². The second kappa shape index (κ2) is 5.75. The molecule has 7 heteroatoms. The Morgan fingerprint density at radius 2 is 2.10 bits per heavy atom. The third kappa shape index (κ3) is 2.84. The number of benzene rings is 1. The number of aliphatic hydroxyl groups excluding tert-OH is 1. The average molecular weight is 305 g/mol. The highest BCUT2D eigenvalue weighted by atomic mass is 32.2. The van der Waals surface area contributed by atoms with Gasteiger partial charge in [0, 0.05) is 13.1 Å². The molecule has 1 heterocycles. The Balaban J connectivity index is 2.33. The Morgan fingerprint density at radius 1 is 1.40 bits per heavy atom. The van der Waals surface area contributed by atoms with Gasteiger partial charge in [-0.2, -0.15) is 4.31 Å². The van der Waals surface area contributed by atoms with Crippen LogP contribution in [0.4, 0.5) is 8.78 Å². The zero-order valence-electron chi connectivity index (χ0n) is 11.1. The highest BCUT2D eigenvalue weighted by Gasteiger charge is 2.34. The molecule has 0 aromatic heterocycles. The minimum atomic E-state index is -4.07. The van der Waals surface area contributed by atoms with Crippen LogP contribution in [0.1, 0.15) is 19.8 Å². The van der Waals surface area contributed by atoms with Gasteiger partial charge in [0.15, 0.2) is 11.6 Å². The lowest BCUT2D eigenvalue weighted by atomic mass is 9.95. The van der Waals surface area contributed by atoms with Crippen molar-refractivity contribution < 1.29 is 22.3 Å². The van der Waals surface area contributed by atoms with Crippen molar-refractivity contribution in [2.24, 2.45) is 5.92 Å². The Hall–Kier alpha value is -1.05. The van der Waals surface area contributed by atoms with E-state index in [0.717, 1.165) is 22.9 Å². The van der Waals surface area contributed by atoms with Crippen LogP contribution in [0.5, 0.6) is 0 Å². The number of aliphatic hydroxyl groups is 1. The van der Waals surface area contributed by atoms with Gasteiger partial charge in [-0.3, -0.25) is 0 Å². The summed E-state index contributed by atoms with van der Waals surface area (Å²) in [5, 5.41) is 9.57. The van der Waals surface area contributed by atoms with E-state index in [-0.39, 0.29) is 19.0 Å². The number of sulfonamides is 1. The molecule has 0 saturated carbocycles. The van der Waals surface area contributed by atoms with E-state index >= 15 is 0 Å². The standard InChI is InChI=1S/C13H17F2NO3S/c1-9(17)10-4-3-7-16(8-10)20(18,19)12-6-2-5-11(14)13(12)15/h2,5-6,9-10,17H,3-4,7-8H2,1H3. The number of halogens is 2. The van der Waals surface area contributed by atoms with Gasteiger partial charge in [0.25, 0.3) is 0 Å². The maximum absolute atomic E-state index is 13.7. The molecular weight excluding hydrogens is 288 g/mol. The van der Waals surface area contributed by atoms with E-state index in [2.05, 4.69) is 0 Å². The lowest BCUT2D eigenvalue weighted by molar-refractivity contribution is 0.0884. The number of hydrogen-bond donors (Lipinski definition) is 1. The van der Waals surface area contributed by atoms with E-state index in [1.807, 2.05) is 0 Å². The van der Waals surface area contributed by atoms with Crippen molar-refractivity contribution in [3.05, 3.63) is 29.8 Å². The van der Waals surface area contributed by atoms with Gasteiger partial charge in [-0.25, -0.2) is 17.2 Å². The molecule has 0 aliphatic carbocycles. The van der Waals surface area contributed by atoms with Crippen molar-refractivity contribution in [1.82, 2.24) is 4.31 Å². The highest BCUT2D eigenvalue weighted by molar-refractivity contribution is 7.89. The molecule has 20 heavy (non-hydrogen) atoms. The van der Waals surface area contributed by atoms with Crippen LogP contribution >= 0.6 is 0 Å². The van der Waals surface area contributed by atoms with Crippen molar-refractivity contribution >= 4 is 10.0 Å². The second-order valence-corrected chi connectivity index (χ2v) is 6.96. The molecule has 2 atom stereocenters. The van der Waals surface area contributed by atoms with Crippen LogP contribution in [0.25, 0.3) is 0 Å². The fourth-order valence-corrected chi connectivity index (χ4v) is 4.02. The Morgan fingerprint density at radius 3 is 2.75 bits per heavy atom. The van der Waals surface area contributed by atoms with Crippen molar-refractivity contribution in [3.63, 3.8) is 0 Å². The molecule has 1 aromatic rings. The largest absolute Gasteiger partial charge is 0.393 e. The molecule has 1 aromatic carbocycles. The summed E-state index contributed by atoms with van der Waals surface area (Å²) in [6, 6.07) is 3.10. The zero-order valence-corrected chi connectivity index (χ0v) is 11.9. The number of piperidine rings is 1. The molecule has 1 fully saturated rings. The highest BCUT2D eigenvalue weighted by Crippen LogP contribution is 2.27. The van der Waals surface area contributed by atoms with Gasteiger partial charge in [0.05, 0.1) is 6.10 Å². The van der Waals surface area contributed by atoms with E-state index in [0.29, 0.717) is 6.42 Å². The summed E-state index contributed by atoms with van der Waals surface area (Å²) >= 11 is 0. The van der Waals surface area contributed by atoms with E-state index in [1.165, 1.54) is 6.07 Å². The van der Waals surface area contributed by atoms with Gasteiger partial charge in [0.2, 0.25) is 10.0 Å². The molecule has 0 amide bonds. The van der Waals surface area contributed by atoms with Crippen LogP contribution in [0, 0.1) is 17.6 Å². The SMILES string of the molecule is CC(O)C1CCCN(S(=O)(=O)c2cccc(F)c2F)C1. The maximum atomic E-state index is 13.7. The van der Waals surface area contributed by atoms with E-state index in [4.69, 9.17) is 0 Å². The predicted octanol–water partition coefficient (Wildman–Crippen LogP) is 1.75. The number of nitrogens with zero attached hydrogens (tertiary/aromatic N) is 1. The summed E-state index contributed by atoms with van der Waals surface area (Å²) in [4.78, 5) is -0.649. The van der Waals surface area contributed by atoms with Gasteiger partial charge < -0.3 is 5.11 Å². The first-order chi connectivity index (χ1) is 9.34. The quantitative estimate of drug-likeness (QED) is 0.925. The summed E-state index contributed by atoms with van der Waals surface area (Å²) in [6.07, 6.45) is 0.673. The first kappa shape index (κ1) is 15.3. The molecule has 112 valence electrons. The van der Waals surface area contributed by atoms with Crippen LogP contribution in [0.2, 0.25) is 0 Å².